The van der Waals surface area contributed by atoms with Crippen molar-refractivity contribution in [3.05, 3.63) is 59.9 Å². The number of fused-ring (bicyclic) bond motifs is 1. The molecule has 4 amide bonds. The van der Waals surface area contributed by atoms with Gasteiger partial charge < -0.3 is 20.4 Å². The van der Waals surface area contributed by atoms with Gasteiger partial charge in [0.2, 0.25) is 5.91 Å². The van der Waals surface area contributed by atoms with E-state index >= 15 is 0 Å². The van der Waals surface area contributed by atoms with E-state index in [9.17, 15) is 14.4 Å². The molecule has 2 heterocycles. The van der Waals surface area contributed by atoms with Gasteiger partial charge in [-0.2, -0.15) is 0 Å². The van der Waals surface area contributed by atoms with E-state index < -0.39 is 12.1 Å². The third-order valence-corrected chi connectivity index (χ3v) is 5.41. The molecular formula is C23H25N5O4. The van der Waals surface area contributed by atoms with E-state index in [-0.39, 0.29) is 31.2 Å². The third kappa shape index (κ3) is 4.72. The smallest absolute Gasteiger partial charge is 0.325 e. The number of amides is 4. The summed E-state index contributed by atoms with van der Waals surface area (Å²) in [6.07, 6.45) is 0.953. The van der Waals surface area contributed by atoms with Gasteiger partial charge in [-0.1, -0.05) is 30.3 Å². The van der Waals surface area contributed by atoms with E-state index in [1.54, 1.807) is 13.2 Å². The van der Waals surface area contributed by atoms with Gasteiger partial charge in [0, 0.05) is 24.9 Å². The Kier molecular flexibility index (Phi) is 6.34. The molecule has 0 spiro atoms. The highest BCUT2D eigenvalue weighted by Crippen LogP contribution is 2.22. The van der Waals surface area contributed by atoms with Crippen molar-refractivity contribution in [1.82, 2.24) is 25.5 Å². The number of aromatic amines is 1. The molecule has 1 aromatic heterocycles. The molecular weight excluding hydrogens is 410 g/mol. The van der Waals surface area contributed by atoms with Gasteiger partial charge in [0.25, 0.3) is 5.91 Å². The molecule has 166 valence electrons. The maximum atomic E-state index is 12.7. The number of nitrogens with zero attached hydrogens (tertiary/aromatic N) is 2. The Morgan fingerprint density at radius 3 is 2.75 bits per heavy atom. The number of urea groups is 1. The van der Waals surface area contributed by atoms with Crippen LogP contribution in [-0.4, -0.2) is 52.4 Å². The molecule has 0 radical (unpaired) electrons. The first-order valence-electron chi connectivity index (χ1n) is 10.5. The maximum absolute atomic E-state index is 12.7. The largest absolute Gasteiger partial charge is 0.496 e. The number of imidazole rings is 1. The molecule has 9 heteroatoms. The highest BCUT2D eigenvalue weighted by Gasteiger charge is 2.38. The minimum Gasteiger partial charge on any atom is -0.496 e. The zero-order valence-corrected chi connectivity index (χ0v) is 17.8. The van der Waals surface area contributed by atoms with E-state index in [2.05, 4.69) is 20.6 Å². The Morgan fingerprint density at radius 2 is 1.94 bits per heavy atom. The highest BCUT2D eigenvalue weighted by molar-refractivity contribution is 6.04. The van der Waals surface area contributed by atoms with Crippen molar-refractivity contribution < 1.29 is 19.1 Å². The number of imide groups is 1. The van der Waals surface area contributed by atoms with Crippen LogP contribution in [0.25, 0.3) is 11.0 Å². The lowest BCUT2D eigenvalue weighted by Crippen LogP contribution is -2.33. The molecule has 0 bridgehead atoms. The van der Waals surface area contributed by atoms with Crippen LogP contribution in [0, 0.1) is 0 Å². The molecule has 2 aromatic carbocycles. The first-order chi connectivity index (χ1) is 15.5. The zero-order chi connectivity index (χ0) is 22.5. The standard InChI is InChI=1S/C23H25N5O4/c1-32-19-9-5-2-6-15(19)14-28-22(30)18(27-23(28)31)10-11-21(29)24-13-12-20-25-16-7-3-4-8-17(16)26-20/h2-9,18H,10-14H2,1H3,(H,24,29)(H,25,26)(H,27,31)/t18-/m0/s1. The Labute approximate surface area is 185 Å². The minimum absolute atomic E-state index is 0.120. The molecule has 1 atom stereocenters. The number of methoxy groups -OCH3 is 1. The molecule has 4 rings (SSSR count). The van der Waals surface area contributed by atoms with Crippen molar-refractivity contribution in [3.8, 4) is 5.75 Å². The third-order valence-electron chi connectivity index (χ3n) is 5.41. The Hall–Kier alpha value is -3.88. The van der Waals surface area contributed by atoms with Crippen LogP contribution in [0.3, 0.4) is 0 Å². The molecule has 9 nitrogen and oxygen atoms in total. The lowest BCUT2D eigenvalue weighted by Gasteiger charge is -2.15. The number of rotatable bonds is 9. The van der Waals surface area contributed by atoms with Crippen LogP contribution in [0.4, 0.5) is 4.79 Å². The van der Waals surface area contributed by atoms with Gasteiger partial charge in [-0.05, 0) is 24.6 Å². The predicted octanol–water partition coefficient (Wildman–Crippen LogP) is 2.13. The number of para-hydroxylation sites is 3. The zero-order valence-electron chi connectivity index (χ0n) is 17.8. The van der Waals surface area contributed by atoms with Crippen molar-refractivity contribution >= 4 is 28.9 Å². The minimum atomic E-state index is -0.710. The highest BCUT2D eigenvalue weighted by atomic mass is 16.5. The lowest BCUT2D eigenvalue weighted by molar-refractivity contribution is -0.128. The van der Waals surface area contributed by atoms with Crippen molar-refractivity contribution in [3.63, 3.8) is 0 Å². The van der Waals surface area contributed by atoms with Gasteiger partial charge in [0.15, 0.2) is 0 Å². The van der Waals surface area contributed by atoms with Crippen LogP contribution < -0.4 is 15.4 Å². The van der Waals surface area contributed by atoms with Crippen LogP contribution in [0.15, 0.2) is 48.5 Å². The number of carbonyl (C=O) groups is 3. The quantitative estimate of drug-likeness (QED) is 0.445. The molecule has 1 fully saturated rings. The number of benzene rings is 2. The van der Waals surface area contributed by atoms with Crippen LogP contribution in [0.5, 0.6) is 5.75 Å². The van der Waals surface area contributed by atoms with Crippen molar-refractivity contribution in [2.75, 3.05) is 13.7 Å². The number of aromatic nitrogens is 2. The van der Waals surface area contributed by atoms with E-state index in [0.717, 1.165) is 27.3 Å². The summed E-state index contributed by atoms with van der Waals surface area (Å²) in [5.74, 6) is 0.902. The average Bonchev–Trinajstić information content (AvgIpc) is 3.33. The van der Waals surface area contributed by atoms with Crippen molar-refractivity contribution in [2.45, 2.75) is 31.8 Å². The molecule has 0 unspecified atom stereocenters. The van der Waals surface area contributed by atoms with Crippen molar-refractivity contribution in [2.24, 2.45) is 0 Å². The molecule has 0 aliphatic carbocycles. The monoisotopic (exact) mass is 435 g/mol. The molecule has 1 aliphatic rings. The topological polar surface area (TPSA) is 116 Å². The fraction of sp³-hybridized carbons (Fsp3) is 0.304. The first-order valence-corrected chi connectivity index (χ1v) is 10.5. The van der Waals surface area contributed by atoms with E-state index in [1.807, 2.05) is 42.5 Å². The second-order valence-corrected chi connectivity index (χ2v) is 7.58. The summed E-state index contributed by atoms with van der Waals surface area (Å²) in [4.78, 5) is 46.0. The second-order valence-electron chi connectivity index (χ2n) is 7.58. The van der Waals surface area contributed by atoms with Crippen LogP contribution in [-0.2, 0) is 22.6 Å². The molecule has 1 saturated heterocycles. The lowest BCUT2D eigenvalue weighted by atomic mass is 10.1. The SMILES string of the molecule is COc1ccccc1CN1C(=O)N[C@@H](CCC(=O)NCCc2nc3ccccc3[nH]2)C1=O. The Bertz CT molecular complexity index is 1110. The molecule has 3 aromatic rings. The summed E-state index contributed by atoms with van der Waals surface area (Å²) in [7, 11) is 1.54. The van der Waals surface area contributed by atoms with Crippen LogP contribution >= 0.6 is 0 Å². The van der Waals surface area contributed by atoms with Crippen molar-refractivity contribution in [1.29, 1.82) is 0 Å². The van der Waals surface area contributed by atoms with E-state index in [4.69, 9.17) is 4.74 Å². The summed E-state index contributed by atoms with van der Waals surface area (Å²) in [5, 5.41) is 5.50. The predicted molar refractivity (Wildman–Crippen MR) is 118 cm³/mol. The molecule has 3 N–H and O–H groups in total. The summed E-state index contributed by atoms with van der Waals surface area (Å²) < 4.78 is 5.29. The van der Waals surface area contributed by atoms with Gasteiger partial charge in [0.1, 0.15) is 17.6 Å². The van der Waals surface area contributed by atoms with Gasteiger partial charge in [-0.3, -0.25) is 14.5 Å². The number of ether oxygens (including phenoxy) is 1. The number of carbonyl (C=O) groups excluding carboxylic acids is 3. The van der Waals surface area contributed by atoms with E-state index in [0.29, 0.717) is 18.7 Å². The van der Waals surface area contributed by atoms with Gasteiger partial charge in [0.05, 0.1) is 24.7 Å². The molecule has 32 heavy (non-hydrogen) atoms. The summed E-state index contributed by atoms with van der Waals surface area (Å²) in [5.41, 5.74) is 2.59. The fourth-order valence-corrected chi connectivity index (χ4v) is 3.73. The maximum Gasteiger partial charge on any atom is 0.325 e. The van der Waals surface area contributed by atoms with Gasteiger partial charge in [-0.25, -0.2) is 9.78 Å². The average molecular weight is 435 g/mol. The van der Waals surface area contributed by atoms with E-state index in [1.165, 1.54) is 0 Å². The Morgan fingerprint density at radius 1 is 1.16 bits per heavy atom. The molecule has 1 aliphatic heterocycles. The first kappa shape index (κ1) is 21.4. The van der Waals surface area contributed by atoms with Crippen LogP contribution in [0.1, 0.15) is 24.2 Å². The van der Waals surface area contributed by atoms with Gasteiger partial charge >= 0.3 is 6.03 Å². The summed E-state index contributed by atoms with van der Waals surface area (Å²) in [6, 6.07) is 13.8. The summed E-state index contributed by atoms with van der Waals surface area (Å²) >= 11 is 0. The van der Waals surface area contributed by atoms with Gasteiger partial charge in [-0.15, -0.1) is 0 Å². The number of hydrogen-bond donors (Lipinski definition) is 3. The fourth-order valence-electron chi connectivity index (χ4n) is 3.73. The normalized spacial score (nSPS) is 15.8. The van der Waals surface area contributed by atoms with Crippen LogP contribution in [0.2, 0.25) is 0 Å². The summed E-state index contributed by atoms with van der Waals surface area (Å²) in [6.45, 7) is 0.554. The number of H-pyrrole nitrogens is 1. The Balaban J connectivity index is 1.24. The number of nitrogens with one attached hydrogen (secondary N) is 3. The molecule has 0 saturated carbocycles. The number of hydrogen-bond acceptors (Lipinski definition) is 5. The second kappa shape index (κ2) is 9.51.